The van der Waals surface area contributed by atoms with Crippen LogP contribution < -0.4 is 0 Å². The van der Waals surface area contributed by atoms with Gasteiger partial charge >= 0.3 is 0 Å². The maximum Gasteiger partial charge on any atom is 0.0558 e. The first-order valence-corrected chi connectivity index (χ1v) is 6.68. The number of hydrogen-bond acceptors (Lipinski definition) is 2. The van der Waals surface area contributed by atoms with E-state index in [0.29, 0.717) is 6.04 Å². The van der Waals surface area contributed by atoms with Crippen LogP contribution in [0.5, 0.6) is 0 Å². The number of benzene rings is 1. The number of rotatable bonds is 5. The van der Waals surface area contributed by atoms with Crippen molar-refractivity contribution in [1.82, 2.24) is 4.90 Å². The van der Waals surface area contributed by atoms with Gasteiger partial charge in [-0.05, 0) is 37.0 Å². The quantitative estimate of drug-likeness (QED) is 0.872. The van der Waals surface area contributed by atoms with Gasteiger partial charge in [0.2, 0.25) is 0 Å². The summed E-state index contributed by atoms with van der Waals surface area (Å²) in [5.41, 5.74) is 2.36. The number of aliphatic hydroxyl groups is 1. The molecular formula is C14H20ClNO. The predicted molar refractivity (Wildman–Crippen MR) is 71.3 cm³/mol. The van der Waals surface area contributed by atoms with E-state index in [1.807, 2.05) is 13.0 Å². The van der Waals surface area contributed by atoms with E-state index in [-0.39, 0.29) is 6.61 Å². The second-order valence-corrected chi connectivity index (χ2v) is 5.28. The van der Waals surface area contributed by atoms with Crippen LogP contribution in [0.1, 0.15) is 30.4 Å². The highest BCUT2D eigenvalue weighted by atomic mass is 35.5. The minimum Gasteiger partial charge on any atom is -0.395 e. The third kappa shape index (κ3) is 3.21. The Labute approximate surface area is 108 Å². The largest absolute Gasteiger partial charge is 0.395 e. The standard InChI is InChI=1S/C14H20ClNO/c1-11-5-6-12(14(15)9-11)10-16(7-8-17)13-3-2-4-13/h5-6,9,13,17H,2-4,7-8,10H2,1H3. The fourth-order valence-corrected chi connectivity index (χ4v) is 2.57. The summed E-state index contributed by atoms with van der Waals surface area (Å²) >= 11 is 6.25. The highest BCUT2D eigenvalue weighted by molar-refractivity contribution is 6.31. The van der Waals surface area contributed by atoms with Gasteiger partial charge in [0.25, 0.3) is 0 Å². The van der Waals surface area contributed by atoms with Gasteiger partial charge in [0.15, 0.2) is 0 Å². The molecule has 1 fully saturated rings. The molecule has 1 aromatic carbocycles. The topological polar surface area (TPSA) is 23.5 Å². The van der Waals surface area contributed by atoms with Crippen molar-refractivity contribution in [1.29, 1.82) is 0 Å². The summed E-state index contributed by atoms with van der Waals surface area (Å²) in [6.45, 7) is 3.87. The second kappa shape index (κ2) is 5.85. The number of nitrogens with zero attached hydrogens (tertiary/aromatic N) is 1. The van der Waals surface area contributed by atoms with E-state index in [1.165, 1.54) is 24.8 Å². The van der Waals surface area contributed by atoms with Crippen molar-refractivity contribution >= 4 is 11.6 Å². The van der Waals surface area contributed by atoms with Crippen molar-refractivity contribution in [2.75, 3.05) is 13.2 Å². The molecule has 0 bridgehead atoms. The maximum atomic E-state index is 9.12. The molecule has 1 saturated carbocycles. The van der Waals surface area contributed by atoms with Crippen LogP contribution in [0.15, 0.2) is 18.2 Å². The van der Waals surface area contributed by atoms with E-state index in [9.17, 15) is 0 Å². The van der Waals surface area contributed by atoms with Crippen molar-refractivity contribution < 1.29 is 5.11 Å². The van der Waals surface area contributed by atoms with E-state index < -0.39 is 0 Å². The lowest BCUT2D eigenvalue weighted by atomic mass is 9.91. The van der Waals surface area contributed by atoms with Crippen molar-refractivity contribution in [3.63, 3.8) is 0 Å². The smallest absolute Gasteiger partial charge is 0.0558 e. The number of aryl methyl sites for hydroxylation is 1. The summed E-state index contributed by atoms with van der Waals surface area (Å²) in [5, 5.41) is 9.96. The zero-order valence-electron chi connectivity index (χ0n) is 10.3. The van der Waals surface area contributed by atoms with Gasteiger partial charge < -0.3 is 5.11 Å². The summed E-state index contributed by atoms with van der Waals surface area (Å²) in [4.78, 5) is 2.35. The molecule has 0 aromatic heterocycles. The van der Waals surface area contributed by atoms with Crippen LogP contribution in [0.25, 0.3) is 0 Å². The lowest BCUT2D eigenvalue weighted by molar-refractivity contribution is 0.0946. The number of aliphatic hydroxyl groups excluding tert-OH is 1. The van der Waals surface area contributed by atoms with Gasteiger partial charge in [-0.15, -0.1) is 0 Å². The molecule has 94 valence electrons. The summed E-state index contributed by atoms with van der Waals surface area (Å²) in [6.07, 6.45) is 3.82. The molecule has 0 radical (unpaired) electrons. The Balaban J connectivity index is 2.05. The SMILES string of the molecule is Cc1ccc(CN(CCO)C2CCC2)c(Cl)c1. The van der Waals surface area contributed by atoms with Crippen LogP contribution >= 0.6 is 11.6 Å². The normalized spacial score (nSPS) is 16.2. The molecule has 2 rings (SSSR count). The molecule has 1 aliphatic rings. The first-order chi connectivity index (χ1) is 8.20. The van der Waals surface area contributed by atoms with Gasteiger partial charge in [-0.1, -0.05) is 30.2 Å². The number of hydrogen-bond donors (Lipinski definition) is 1. The lowest BCUT2D eigenvalue weighted by Gasteiger charge is -2.37. The molecular weight excluding hydrogens is 234 g/mol. The monoisotopic (exact) mass is 253 g/mol. The van der Waals surface area contributed by atoms with Crippen molar-refractivity contribution in [3.8, 4) is 0 Å². The molecule has 3 heteroatoms. The van der Waals surface area contributed by atoms with Crippen molar-refractivity contribution in [2.24, 2.45) is 0 Å². The Bertz CT molecular complexity index is 376. The van der Waals surface area contributed by atoms with Crippen LogP contribution in [-0.2, 0) is 6.54 Å². The molecule has 0 spiro atoms. The molecule has 0 atom stereocenters. The molecule has 1 aliphatic carbocycles. The van der Waals surface area contributed by atoms with Gasteiger partial charge in [-0.2, -0.15) is 0 Å². The third-order valence-corrected chi connectivity index (χ3v) is 3.91. The minimum absolute atomic E-state index is 0.222. The van der Waals surface area contributed by atoms with Crippen LogP contribution in [0.4, 0.5) is 0 Å². The summed E-state index contributed by atoms with van der Waals surface area (Å²) in [5.74, 6) is 0. The van der Waals surface area contributed by atoms with Crippen LogP contribution in [0.2, 0.25) is 5.02 Å². The molecule has 17 heavy (non-hydrogen) atoms. The fraction of sp³-hybridized carbons (Fsp3) is 0.571. The van der Waals surface area contributed by atoms with E-state index in [1.54, 1.807) is 0 Å². The zero-order valence-corrected chi connectivity index (χ0v) is 11.1. The highest BCUT2D eigenvalue weighted by Crippen LogP contribution is 2.27. The Morgan fingerprint density at radius 3 is 2.71 bits per heavy atom. The summed E-state index contributed by atoms with van der Waals surface area (Å²) in [6, 6.07) is 6.84. The fourth-order valence-electron chi connectivity index (χ4n) is 2.27. The van der Waals surface area contributed by atoms with E-state index in [0.717, 1.165) is 23.7 Å². The zero-order chi connectivity index (χ0) is 12.3. The van der Waals surface area contributed by atoms with Gasteiger partial charge in [0.05, 0.1) is 6.61 Å². The van der Waals surface area contributed by atoms with Crippen LogP contribution in [0.3, 0.4) is 0 Å². The molecule has 1 aromatic rings. The molecule has 0 unspecified atom stereocenters. The average Bonchev–Trinajstić information content (AvgIpc) is 2.20. The van der Waals surface area contributed by atoms with Crippen molar-refractivity contribution in [3.05, 3.63) is 34.3 Å². The molecule has 2 nitrogen and oxygen atoms in total. The van der Waals surface area contributed by atoms with Gasteiger partial charge in [-0.3, -0.25) is 4.90 Å². The molecule has 0 saturated heterocycles. The summed E-state index contributed by atoms with van der Waals surface area (Å²) in [7, 11) is 0. The lowest BCUT2D eigenvalue weighted by Crippen LogP contribution is -2.41. The highest BCUT2D eigenvalue weighted by Gasteiger charge is 2.24. The number of halogens is 1. The van der Waals surface area contributed by atoms with Crippen molar-refractivity contribution in [2.45, 2.75) is 38.8 Å². The van der Waals surface area contributed by atoms with E-state index in [2.05, 4.69) is 17.0 Å². The summed E-state index contributed by atoms with van der Waals surface area (Å²) < 4.78 is 0. The van der Waals surface area contributed by atoms with Gasteiger partial charge in [0, 0.05) is 24.2 Å². The first-order valence-electron chi connectivity index (χ1n) is 6.30. The molecule has 0 heterocycles. The Hall–Kier alpha value is -0.570. The Kier molecular flexibility index (Phi) is 4.43. The molecule has 0 aliphatic heterocycles. The Morgan fingerprint density at radius 1 is 1.41 bits per heavy atom. The maximum absolute atomic E-state index is 9.12. The van der Waals surface area contributed by atoms with Crippen LogP contribution in [-0.4, -0.2) is 29.2 Å². The molecule has 0 amide bonds. The minimum atomic E-state index is 0.222. The third-order valence-electron chi connectivity index (χ3n) is 3.56. The Morgan fingerprint density at radius 2 is 2.18 bits per heavy atom. The van der Waals surface area contributed by atoms with E-state index >= 15 is 0 Å². The predicted octanol–water partition coefficient (Wildman–Crippen LogP) is 3.00. The van der Waals surface area contributed by atoms with Gasteiger partial charge in [0.1, 0.15) is 0 Å². The van der Waals surface area contributed by atoms with Crippen LogP contribution in [0, 0.1) is 6.92 Å². The average molecular weight is 254 g/mol. The molecule has 1 N–H and O–H groups in total. The second-order valence-electron chi connectivity index (χ2n) is 4.87. The van der Waals surface area contributed by atoms with Gasteiger partial charge in [-0.25, -0.2) is 0 Å². The van der Waals surface area contributed by atoms with E-state index in [4.69, 9.17) is 16.7 Å². The first kappa shape index (κ1) is 12.9.